The number of aryl methyl sites for hydroxylation is 1. The fourth-order valence-corrected chi connectivity index (χ4v) is 3.67. The van der Waals surface area contributed by atoms with Crippen molar-refractivity contribution in [3.8, 4) is 0 Å². The van der Waals surface area contributed by atoms with Crippen LogP contribution in [0, 0.1) is 17.8 Å². The van der Waals surface area contributed by atoms with E-state index in [-0.39, 0.29) is 18.2 Å². The Balaban J connectivity index is 2.80. The number of nitrogens with zero attached hydrogens (tertiary/aromatic N) is 4. The maximum Gasteiger partial charge on any atom is 0.233 e. The molecule has 7 nitrogen and oxygen atoms in total. The average molecular weight is 426 g/mol. The van der Waals surface area contributed by atoms with Crippen LogP contribution in [0.1, 0.15) is 66.6 Å². The Kier molecular flexibility index (Phi) is 11.3. The summed E-state index contributed by atoms with van der Waals surface area (Å²) in [7, 11) is 0. The van der Waals surface area contributed by atoms with Crippen molar-refractivity contribution in [2.45, 2.75) is 78.9 Å². The zero-order valence-corrected chi connectivity index (χ0v) is 19.8. The lowest BCUT2D eigenvalue weighted by atomic mass is 10.1. The first-order valence-electron chi connectivity index (χ1n) is 10.7. The van der Waals surface area contributed by atoms with Crippen LogP contribution in [0.3, 0.4) is 0 Å². The zero-order chi connectivity index (χ0) is 22.0. The molecule has 8 heteroatoms. The molecule has 29 heavy (non-hydrogen) atoms. The second-order valence-corrected chi connectivity index (χ2v) is 9.85. The van der Waals surface area contributed by atoms with Crippen molar-refractivity contribution in [3.63, 3.8) is 0 Å². The summed E-state index contributed by atoms with van der Waals surface area (Å²) in [4.78, 5) is 26.0. The van der Waals surface area contributed by atoms with Crippen LogP contribution >= 0.6 is 11.8 Å². The third-order valence-electron chi connectivity index (χ3n) is 4.57. The molecule has 0 spiro atoms. The number of carbonyl (C=O) groups excluding carboxylic acids is 2. The minimum absolute atomic E-state index is 0.147. The maximum atomic E-state index is 12.9. The molecule has 166 valence electrons. The van der Waals surface area contributed by atoms with E-state index < -0.39 is 0 Å². The molecule has 1 aromatic heterocycles. The summed E-state index contributed by atoms with van der Waals surface area (Å²) in [6, 6.07) is 0. The highest BCUT2D eigenvalue weighted by atomic mass is 32.2. The molecule has 0 aliphatic heterocycles. The van der Waals surface area contributed by atoms with Crippen molar-refractivity contribution >= 4 is 23.6 Å². The summed E-state index contributed by atoms with van der Waals surface area (Å²) in [5.41, 5.74) is 5.28. The van der Waals surface area contributed by atoms with Crippen LogP contribution in [0.2, 0.25) is 0 Å². The predicted octanol–water partition coefficient (Wildman–Crippen LogP) is 3.36. The first kappa shape index (κ1) is 25.5. The Hall–Kier alpha value is -1.57. The second kappa shape index (κ2) is 12.9. The molecule has 0 aliphatic rings. The number of nitrogens with two attached hydrogens (primary N) is 1. The van der Waals surface area contributed by atoms with Crippen molar-refractivity contribution < 1.29 is 9.59 Å². The minimum atomic E-state index is -0.348. The molecule has 2 amide bonds. The van der Waals surface area contributed by atoms with E-state index in [1.165, 1.54) is 11.8 Å². The van der Waals surface area contributed by atoms with E-state index in [2.05, 4.69) is 51.7 Å². The van der Waals surface area contributed by atoms with Gasteiger partial charge in [0.15, 0.2) is 5.16 Å². The Morgan fingerprint density at radius 1 is 1.00 bits per heavy atom. The van der Waals surface area contributed by atoms with Crippen LogP contribution in [-0.2, 0) is 22.6 Å². The van der Waals surface area contributed by atoms with Gasteiger partial charge in [-0.2, -0.15) is 0 Å². The third-order valence-corrected chi connectivity index (χ3v) is 5.52. The number of amides is 2. The molecular formula is C21H39N5O2S. The number of aromatic nitrogens is 3. The monoisotopic (exact) mass is 425 g/mol. The Bertz CT molecular complexity index is 631. The van der Waals surface area contributed by atoms with Gasteiger partial charge in [-0.05, 0) is 30.6 Å². The van der Waals surface area contributed by atoms with E-state index in [0.29, 0.717) is 29.9 Å². The predicted molar refractivity (Wildman–Crippen MR) is 119 cm³/mol. The van der Waals surface area contributed by atoms with Crippen LogP contribution in [-0.4, -0.2) is 50.3 Å². The van der Waals surface area contributed by atoms with Crippen LogP contribution in [0.25, 0.3) is 0 Å². The smallest absolute Gasteiger partial charge is 0.233 e. The second-order valence-electron chi connectivity index (χ2n) is 8.90. The van der Waals surface area contributed by atoms with Gasteiger partial charge in [0.2, 0.25) is 11.8 Å². The lowest BCUT2D eigenvalue weighted by molar-refractivity contribution is -0.128. The molecule has 0 radical (unpaired) electrons. The van der Waals surface area contributed by atoms with E-state index in [1.54, 1.807) is 0 Å². The normalized spacial score (nSPS) is 11.6. The summed E-state index contributed by atoms with van der Waals surface area (Å²) in [6.07, 6.45) is 2.74. The molecule has 0 fully saturated rings. The lowest BCUT2D eigenvalue weighted by Gasteiger charge is -2.24. The topological polar surface area (TPSA) is 94.1 Å². The van der Waals surface area contributed by atoms with Crippen molar-refractivity contribution in [2.24, 2.45) is 23.5 Å². The highest BCUT2D eigenvalue weighted by Crippen LogP contribution is 2.20. The van der Waals surface area contributed by atoms with E-state index >= 15 is 0 Å². The van der Waals surface area contributed by atoms with Gasteiger partial charge in [-0.25, -0.2) is 0 Å². The molecule has 0 atom stereocenters. The van der Waals surface area contributed by atoms with Gasteiger partial charge in [-0.15, -0.1) is 10.2 Å². The molecule has 0 saturated carbocycles. The summed E-state index contributed by atoms with van der Waals surface area (Å²) >= 11 is 1.43. The quantitative estimate of drug-likeness (QED) is 0.461. The summed E-state index contributed by atoms with van der Waals surface area (Å²) in [6.45, 7) is 15.3. The first-order chi connectivity index (χ1) is 13.6. The lowest BCUT2D eigenvalue weighted by Crippen LogP contribution is -2.35. The van der Waals surface area contributed by atoms with Gasteiger partial charge < -0.3 is 15.2 Å². The van der Waals surface area contributed by atoms with Crippen molar-refractivity contribution in [1.82, 2.24) is 19.7 Å². The Labute approximate surface area is 180 Å². The summed E-state index contributed by atoms with van der Waals surface area (Å²) in [5.74, 6) is 2.44. The van der Waals surface area contributed by atoms with Gasteiger partial charge in [0.25, 0.3) is 0 Å². The number of hydrogen-bond donors (Lipinski definition) is 1. The Morgan fingerprint density at radius 2 is 1.59 bits per heavy atom. The van der Waals surface area contributed by atoms with Gasteiger partial charge in [0.1, 0.15) is 5.82 Å². The Morgan fingerprint density at radius 3 is 2.07 bits per heavy atom. The molecule has 0 saturated heterocycles. The highest BCUT2D eigenvalue weighted by Gasteiger charge is 2.19. The van der Waals surface area contributed by atoms with Crippen LogP contribution in [0.4, 0.5) is 0 Å². The SMILES string of the molecule is CC(C)CCN(CCC(C)C)C(=O)CSc1nnc(CCC(N)=O)n1CC(C)C. The fraction of sp³-hybridized carbons (Fsp3) is 0.810. The molecule has 0 aliphatic carbocycles. The number of primary amides is 1. The summed E-state index contributed by atoms with van der Waals surface area (Å²) < 4.78 is 2.03. The minimum Gasteiger partial charge on any atom is -0.370 e. The number of carbonyl (C=O) groups is 2. The summed E-state index contributed by atoms with van der Waals surface area (Å²) in [5, 5.41) is 9.26. The number of thioether (sulfide) groups is 1. The number of rotatable bonds is 14. The van der Waals surface area contributed by atoms with E-state index in [0.717, 1.165) is 43.5 Å². The molecule has 1 heterocycles. The molecule has 2 N–H and O–H groups in total. The van der Waals surface area contributed by atoms with Crippen LogP contribution in [0.5, 0.6) is 0 Å². The van der Waals surface area contributed by atoms with E-state index in [1.807, 2.05) is 9.47 Å². The van der Waals surface area contributed by atoms with Crippen LogP contribution in [0.15, 0.2) is 5.16 Å². The molecule has 1 aromatic rings. The fourth-order valence-electron chi connectivity index (χ4n) is 2.80. The molecule has 1 rings (SSSR count). The number of hydrogen-bond acceptors (Lipinski definition) is 5. The third kappa shape index (κ3) is 10.1. The molecule has 0 bridgehead atoms. The molecule has 0 unspecified atom stereocenters. The van der Waals surface area contributed by atoms with Crippen molar-refractivity contribution in [2.75, 3.05) is 18.8 Å². The van der Waals surface area contributed by atoms with Crippen LogP contribution < -0.4 is 5.73 Å². The maximum absolute atomic E-state index is 12.9. The van der Waals surface area contributed by atoms with Gasteiger partial charge in [-0.3, -0.25) is 9.59 Å². The van der Waals surface area contributed by atoms with Gasteiger partial charge in [-0.1, -0.05) is 53.3 Å². The van der Waals surface area contributed by atoms with Gasteiger partial charge >= 0.3 is 0 Å². The molecular weight excluding hydrogens is 386 g/mol. The van der Waals surface area contributed by atoms with E-state index in [4.69, 9.17) is 5.73 Å². The van der Waals surface area contributed by atoms with Gasteiger partial charge in [0.05, 0.1) is 5.75 Å². The average Bonchev–Trinajstić information content (AvgIpc) is 2.98. The zero-order valence-electron chi connectivity index (χ0n) is 19.0. The first-order valence-corrected chi connectivity index (χ1v) is 11.7. The van der Waals surface area contributed by atoms with Gasteiger partial charge in [0, 0.05) is 32.5 Å². The highest BCUT2D eigenvalue weighted by molar-refractivity contribution is 7.99. The largest absolute Gasteiger partial charge is 0.370 e. The van der Waals surface area contributed by atoms with Crippen molar-refractivity contribution in [3.05, 3.63) is 5.82 Å². The molecule has 0 aromatic carbocycles. The van der Waals surface area contributed by atoms with E-state index in [9.17, 15) is 9.59 Å². The van der Waals surface area contributed by atoms with Crippen molar-refractivity contribution in [1.29, 1.82) is 0 Å². The standard InChI is InChI=1S/C21H39N5O2S/c1-15(2)9-11-25(12-10-16(3)4)20(28)14-29-21-24-23-19(8-7-18(22)27)26(21)13-17(5)6/h15-17H,7-14H2,1-6H3,(H2,22,27).